The Kier molecular flexibility index (Phi) is 3.41. The quantitative estimate of drug-likeness (QED) is 0.254. The van der Waals surface area contributed by atoms with Gasteiger partial charge in [0.15, 0.2) is 0 Å². The minimum absolute atomic E-state index is 0.0330. The van der Waals surface area contributed by atoms with Gasteiger partial charge in [-0.25, -0.2) is 0 Å². The average molecular weight is 227 g/mol. The second-order valence-electron chi connectivity index (χ2n) is 2.61. The molecule has 1 rings (SSSR count). The summed E-state index contributed by atoms with van der Waals surface area (Å²) in [4.78, 5) is 20.4. The Balaban J connectivity index is 3.41. The third kappa shape index (κ3) is 2.32. The highest BCUT2D eigenvalue weighted by Crippen LogP contribution is 2.27. The van der Waals surface area contributed by atoms with Gasteiger partial charge in [-0.2, -0.15) is 0 Å². The molecule has 0 unspecified atom stereocenters. The van der Waals surface area contributed by atoms with Crippen LogP contribution in [-0.4, -0.2) is 11.2 Å². The molecule has 78 valence electrons. The maximum absolute atomic E-state index is 10.6. The van der Waals surface area contributed by atoms with E-state index in [1.54, 1.807) is 0 Å². The first-order valence-electron chi connectivity index (χ1n) is 3.81. The van der Waals surface area contributed by atoms with E-state index in [9.17, 15) is 20.0 Å². The lowest BCUT2D eigenvalue weighted by Crippen LogP contribution is -1.99. The molecule has 0 bridgehead atoms. The van der Waals surface area contributed by atoms with Crippen molar-refractivity contribution in [1.29, 1.82) is 0 Å². The topological polar surface area (TPSA) is 83.3 Å². The van der Waals surface area contributed by atoms with Crippen molar-refractivity contribution in [1.82, 2.24) is 0 Å². The van der Waals surface area contributed by atoms with Gasteiger partial charge in [0.1, 0.15) is 6.29 Å². The fourth-order valence-corrected chi connectivity index (χ4v) is 1.22. The van der Waals surface area contributed by atoms with Crippen LogP contribution in [0, 0.1) is 10.1 Å². The van der Waals surface area contributed by atoms with E-state index >= 15 is 0 Å². The summed E-state index contributed by atoms with van der Waals surface area (Å²) in [5, 5.41) is 21.3. The van der Waals surface area contributed by atoms with Crippen molar-refractivity contribution >= 4 is 29.1 Å². The lowest BCUT2D eigenvalue weighted by Gasteiger charge is -2.04. The van der Waals surface area contributed by atoms with Crippen LogP contribution in [-0.2, 0) is 4.79 Å². The van der Waals surface area contributed by atoms with Crippen LogP contribution in [0.1, 0.15) is 5.56 Å². The first-order chi connectivity index (χ1) is 7.10. The molecular formula is C9H5ClNO4-. The predicted molar refractivity (Wildman–Crippen MR) is 52.1 cm³/mol. The molecule has 0 radical (unpaired) electrons. The number of nitro groups is 1. The molecule has 0 aromatic heterocycles. The molecule has 0 aliphatic carbocycles. The largest absolute Gasteiger partial charge is 0.877 e. The monoisotopic (exact) mass is 226 g/mol. The van der Waals surface area contributed by atoms with Crippen LogP contribution < -0.4 is 5.11 Å². The molecule has 0 N–H and O–H groups in total. The molecule has 0 saturated heterocycles. The number of hydrogen-bond acceptors (Lipinski definition) is 4. The minimum Gasteiger partial charge on any atom is -0.877 e. The molecule has 0 spiro atoms. The Morgan fingerprint density at radius 3 is 2.60 bits per heavy atom. The van der Waals surface area contributed by atoms with Gasteiger partial charge in [0, 0.05) is 16.7 Å². The molecule has 0 saturated carbocycles. The Morgan fingerprint density at radius 2 is 2.13 bits per heavy atom. The number of carbonyl (C=O) groups excluding carboxylic acids is 1. The van der Waals surface area contributed by atoms with Gasteiger partial charge in [0.05, 0.1) is 10.5 Å². The highest BCUT2D eigenvalue weighted by atomic mass is 35.5. The zero-order valence-corrected chi connectivity index (χ0v) is 8.10. The number of nitro benzene ring substituents is 1. The molecule has 0 aliphatic heterocycles. The van der Waals surface area contributed by atoms with Crippen LogP contribution in [0.5, 0.6) is 0 Å². The Bertz CT molecular complexity index is 442. The Hall–Kier alpha value is -1.88. The summed E-state index contributed by atoms with van der Waals surface area (Å²) in [6, 6.07) is 3.72. The molecular weight excluding hydrogens is 222 g/mol. The first-order valence-corrected chi connectivity index (χ1v) is 4.19. The summed E-state index contributed by atoms with van der Waals surface area (Å²) in [6.07, 6.45) is 0.534. The average Bonchev–Trinajstić information content (AvgIpc) is 2.21. The fraction of sp³-hybridized carbons (Fsp3) is 0. The van der Waals surface area contributed by atoms with Crippen molar-refractivity contribution in [3.63, 3.8) is 0 Å². The third-order valence-corrected chi connectivity index (χ3v) is 1.96. The maximum Gasteiger partial charge on any atom is 0.278 e. The SMILES string of the molecule is O=C/C(=C\[O-])c1ccc(Cl)cc1[N+](=O)[O-]. The second-order valence-corrected chi connectivity index (χ2v) is 3.05. The molecule has 5 nitrogen and oxygen atoms in total. The van der Waals surface area contributed by atoms with Crippen molar-refractivity contribution in [2.45, 2.75) is 0 Å². The maximum atomic E-state index is 10.6. The normalized spacial score (nSPS) is 11.1. The van der Waals surface area contributed by atoms with Crippen molar-refractivity contribution in [2.24, 2.45) is 0 Å². The van der Waals surface area contributed by atoms with E-state index in [4.69, 9.17) is 11.6 Å². The lowest BCUT2D eigenvalue weighted by atomic mass is 10.1. The highest BCUT2D eigenvalue weighted by molar-refractivity contribution is 6.31. The molecule has 0 aliphatic rings. The van der Waals surface area contributed by atoms with Crippen LogP contribution in [0.4, 0.5) is 5.69 Å². The van der Waals surface area contributed by atoms with E-state index in [2.05, 4.69) is 0 Å². The summed E-state index contributed by atoms with van der Waals surface area (Å²) in [7, 11) is 0. The number of rotatable bonds is 3. The smallest absolute Gasteiger partial charge is 0.278 e. The van der Waals surface area contributed by atoms with Crippen LogP contribution in [0.2, 0.25) is 5.02 Å². The molecule has 0 amide bonds. The van der Waals surface area contributed by atoms with E-state index in [0.29, 0.717) is 0 Å². The zero-order valence-electron chi connectivity index (χ0n) is 7.34. The molecule has 1 aromatic rings. The molecule has 0 heterocycles. The number of aldehydes is 1. The van der Waals surface area contributed by atoms with Gasteiger partial charge in [0.2, 0.25) is 0 Å². The lowest BCUT2D eigenvalue weighted by molar-refractivity contribution is -0.385. The van der Waals surface area contributed by atoms with Gasteiger partial charge in [-0.05, 0) is 12.1 Å². The van der Waals surface area contributed by atoms with Crippen molar-refractivity contribution in [2.75, 3.05) is 0 Å². The predicted octanol–water partition coefficient (Wildman–Crippen LogP) is 1.15. The number of carbonyl (C=O) groups is 1. The summed E-state index contributed by atoms with van der Waals surface area (Å²) >= 11 is 5.56. The minimum atomic E-state index is -0.700. The van der Waals surface area contributed by atoms with Gasteiger partial charge >= 0.3 is 0 Å². The van der Waals surface area contributed by atoms with Crippen molar-refractivity contribution in [3.05, 3.63) is 45.2 Å². The van der Waals surface area contributed by atoms with E-state index in [1.807, 2.05) is 0 Å². The van der Waals surface area contributed by atoms with Crippen LogP contribution in [0.3, 0.4) is 0 Å². The standard InChI is InChI=1S/C9H6ClNO4/c10-7-1-2-8(6(4-12)5-13)9(3-7)11(14)15/h1-5,12H/p-1/b6-4+. The third-order valence-electron chi connectivity index (χ3n) is 1.72. The van der Waals surface area contributed by atoms with Crippen LogP contribution in [0.15, 0.2) is 24.5 Å². The summed E-state index contributed by atoms with van der Waals surface area (Å²) in [5.74, 6) is 0. The zero-order chi connectivity index (χ0) is 11.4. The first kappa shape index (κ1) is 11.2. The number of benzene rings is 1. The van der Waals surface area contributed by atoms with E-state index < -0.39 is 4.92 Å². The van der Waals surface area contributed by atoms with Gasteiger partial charge in [-0.15, -0.1) is 6.26 Å². The van der Waals surface area contributed by atoms with Gasteiger partial charge in [0.25, 0.3) is 5.69 Å². The van der Waals surface area contributed by atoms with E-state index in [0.717, 1.165) is 6.07 Å². The molecule has 15 heavy (non-hydrogen) atoms. The number of halogens is 1. The van der Waals surface area contributed by atoms with Gasteiger partial charge in [-0.3, -0.25) is 14.9 Å². The Labute approximate surface area is 89.7 Å². The Morgan fingerprint density at radius 1 is 1.47 bits per heavy atom. The molecule has 0 atom stereocenters. The fourth-order valence-electron chi connectivity index (χ4n) is 1.05. The highest BCUT2D eigenvalue weighted by Gasteiger charge is 2.16. The molecule has 0 fully saturated rings. The number of nitrogens with zero attached hydrogens (tertiary/aromatic N) is 1. The van der Waals surface area contributed by atoms with Crippen LogP contribution in [0.25, 0.3) is 5.57 Å². The second kappa shape index (κ2) is 4.56. The van der Waals surface area contributed by atoms with Crippen molar-refractivity contribution in [3.8, 4) is 0 Å². The van der Waals surface area contributed by atoms with Gasteiger partial charge in [-0.1, -0.05) is 11.6 Å². The summed E-state index contributed by atoms with van der Waals surface area (Å²) in [5.41, 5.74) is -0.676. The van der Waals surface area contributed by atoms with E-state index in [1.165, 1.54) is 12.1 Å². The van der Waals surface area contributed by atoms with Gasteiger partial charge < -0.3 is 5.11 Å². The molecule has 1 aromatic carbocycles. The van der Waals surface area contributed by atoms with Crippen LogP contribution >= 0.6 is 11.6 Å². The van der Waals surface area contributed by atoms with Crippen molar-refractivity contribution < 1.29 is 14.8 Å². The van der Waals surface area contributed by atoms with E-state index in [-0.39, 0.29) is 34.4 Å². The number of allylic oxidation sites excluding steroid dienone is 1. The molecule has 6 heteroatoms. The summed E-state index contributed by atoms with van der Waals surface area (Å²) in [6.45, 7) is 0. The summed E-state index contributed by atoms with van der Waals surface area (Å²) < 4.78 is 0. The number of hydrogen-bond donors (Lipinski definition) is 0.